The zero-order valence-electron chi connectivity index (χ0n) is 17.3. The third kappa shape index (κ3) is 4.69. The third-order valence-corrected chi connectivity index (χ3v) is 6.42. The number of hydrogen-bond acceptors (Lipinski definition) is 5. The van der Waals surface area contributed by atoms with E-state index in [9.17, 15) is 13.2 Å². The highest BCUT2D eigenvalue weighted by Gasteiger charge is 2.27. The zero-order chi connectivity index (χ0) is 22.0. The minimum absolute atomic E-state index is 0.0662. The highest BCUT2D eigenvalue weighted by molar-refractivity contribution is 7.92. The van der Waals surface area contributed by atoms with Gasteiger partial charge < -0.3 is 9.64 Å². The molecule has 8 heteroatoms. The van der Waals surface area contributed by atoms with Crippen LogP contribution in [0.5, 0.6) is 5.75 Å². The van der Waals surface area contributed by atoms with E-state index < -0.39 is 10.0 Å². The van der Waals surface area contributed by atoms with E-state index in [1.807, 2.05) is 31.2 Å². The monoisotopic (exact) mass is 437 g/mol. The second-order valence-electron chi connectivity index (χ2n) is 7.52. The molecule has 7 nitrogen and oxygen atoms in total. The first-order valence-electron chi connectivity index (χ1n) is 9.91. The number of nitrogens with zero attached hydrogens (tertiary/aromatic N) is 2. The van der Waals surface area contributed by atoms with E-state index in [4.69, 9.17) is 4.74 Å². The molecule has 2 aromatic carbocycles. The maximum absolute atomic E-state index is 12.9. The number of anilines is 2. The second kappa shape index (κ2) is 8.39. The van der Waals surface area contributed by atoms with Crippen LogP contribution in [0.25, 0.3) is 0 Å². The van der Waals surface area contributed by atoms with E-state index in [1.165, 1.54) is 24.0 Å². The molecule has 1 amide bonds. The summed E-state index contributed by atoms with van der Waals surface area (Å²) in [6.45, 7) is 3.69. The largest absolute Gasteiger partial charge is 0.487 e. The van der Waals surface area contributed by atoms with Crippen LogP contribution in [-0.2, 0) is 21.2 Å². The third-order valence-electron chi connectivity index (χ3n) is 5.04. The van der Waals surface area contributed by atoms with Crippen molar-refractivity contribution >= 4 is 27.3 Å². The number of benzene rings is 2. The summed E-state index contributed by atoms with van der Waals surface area (Å²) in [5.41, 5.74) is 3.11. The van der Waals surface area contributed by atoms with Crippen LogP contribution in [0, 0.1) is 0 Å². The lowest BCUT2D eigenvalue weighted by Crippen LogP contribution is -2.41. The molecule has 3 aromatic rings. The van der Waals surface area contributed by atoms with Crippen molar-refractivity contribution in [1.82, 2.24) is 4.98 Å². The summed E-state index contributed by atoms with van der Waals surface area (Å²) in [5.74, 6) is 0.331. The Morgan fingerprint density at radius 1 is 1.10 bits per heavy atom. The van der Waals surface area contributed by atoms with Crippen molar-refractivity contribution in [3.63, 3.8) is 0 Å². The Morgan fingerprint density at radius 2 is 1.77 bits per heavy atom. The maximum Gasteiger partial charge on any atom is 0.261 e. The minimum Gasteiger partial charge on any atom is -0.487 e. The van der Waals surface area contributed by atoms with Crippen LogP contribution in [-0.4, -0.2) is 32.0 Å². The molecular weight excluding hydrogens is 414 g/mol. The van der Waals surface area contributed by atoms with Crippen LogP contribution in [0.2, 0.25) is 0 Å². The molecule has 1 atom stereocenters. The summed E-state index contributed by atoms with van der Waals surface area (Å²) in [6, 6.07) is 15.7. The lowest BCUT2D eigenvalue weighted by atomic mass is 10.1. The molecule has 4 rings (SSSR count). The molecule has 0 fully saturated rings. The summed E-state index contributed by atoms with van der Waals surface area (Å²) < 4.78 is 34.2. The van der Waals surface area contributed by atoms with E-state index in [0.29, 0.717) is 23.7 Å². The molecule has 1 aliphatic heterocycles. The molecule has 31 heavy (non-hydrogen) atoms. The number of carbonyl (C=O) groups is 1. The molecule has 0 radical (unpaired) electrons. The summed E-state index contributed by atoms with van der Waals surface area (Å²) in [4.78, 5) is 17.6. The van der Waals surface area contributed by atoms with E-state index >= 15 is 0 Å². The number of amides is 1. The number of carbonyl (C=O) groups excluding carboxylic acids is 1. The molecule has 0 saturated carbocycles. The van der Waals surface area contributed by atoms with Gasteiger partial charge in [-0.1, -0.05) is 12.1 Å². The van der Waals surface area contributed by atoms with Crippen LogP contribution in [0.3, 0.4) is 0 Å². The fourth-order valence-electron chi connectivity index (χ4n) is 3.52. The Morgan fingerprint density at radius 3 is 2.45 bits per heavy atom. The number of rotatable bonds is 5. The van der Waals surface area contributed by atoms with E-state index in [2.05, 4.69) is 9.71 Å². The fraction of sp³-hybridized carbons (Fsp3) is 0.217. The minimum atomic E-state index is -3.83. The summed E-state index contributed by atoms with van der Waals surface area (Å²) in [7, 11) is -3.83. The summed E-state index contributed by atoms with van der Waals surface area (Å²) in [5, 5.41) is 0. The SMILES string of the molecule is CC(=O)N1CC(C)Oc2ccc(S(=O)(=O)Nc3ccc(Cc4ccncc4)cc3)cc21. The highest BCUT2D eigenvalue weighted by Crippen LogP contribution is 2.36. The molecule has 0 aliphatic carbocycles. The van der Waals surface area contributed by atoms with Crippen molar-refractivity contribution in [1.29, 1.82) is 0 Å². The van der Waals surface area contributed by atoms with Gasteiger partial charge in [-0.3, -0.25) is 14.5 Å². The van der Waals surface area contributed by atoms with Crippen LogP contribution < -0.4 is 14.4 Å². The van der Waals surface area contributed by atoms with Gasteiger partial charge in [0.25, 0.3) is 10.0 Å². The van der Waals surface area contributed by atoms with E-state index in [0.717, 1.165) is 17.5 Å². The van der Waals surface area contributed by atoms with Gasteiger partial charge in [0, 0.05) is 25.0 Å². The lowest BCUT2D eigenvalue weighted by Gasteiger charge is -2.33. The molecule has 0 saturated heterocycles. The van der Waals surface area contributed by atoms with Crippen molar-refractivity contribution in [2.24, 2.45) is 0 Å². The molecule has 1 aromatic heterocycles. The number of aromatic nitrogens is 1. The first kappa shape index (κ1) is 20.9. The first-order chi connectivity index (χ1) is 14.8. The van der Waals surface area contributed by atoms with Crippen LogP contribution in [0.15, 0.2) is 71.9 Å². The standard InChI is InChI=1S/C23H23N3O4S/c1-16-15-26(17(2)27)22-14-21(7-8-23(22)30-16)31(28,29)25-20-5-3-18(4-6-20)13-19-9-11-24-12-10-19/h3-12,14,16,25H,13,15H2,1-2H3. The summed E-state index contributed by atoms with van der Waals surface area (Å²) >= 11 is 0. The highest BCUT2D eigenvalue weighted by atomic mass is 32.2. The van der Waals surface area contributed by atoms with Gasteiger partial charge in [-0.2, -0.15) is 0 Å². The molecule has 1 N–H and O–H groups in total. The predicted octanol–water partition coefficient (Wildman–Crippen LogP) is 3.61. The first-order valence-corrected chi connectivity index (χ1v) is 11.4. The van der Waals surface area contributed by atoms with Gasteiger partial charge in [0.2, 0.25) is 5.91 Å². The fourth-order valence-corrected chi connectivity index (χ4v) is 4.60. The van der Waals surface area contributed by atoms with E-state index in [-0.39, 0.29) is 16.9 Å². The Balaban J connectivity index is 1.54. The molecule has 0 bridgehead atoms. The van der Waals surface area contributed by atoms with Crippen molar-refractivity contribution in [3.8, 4) is 5.75 Å². The average molecular weight is 438 g/mol. The van der Waals surface area contributed by atoms with Gasteiger partial charge >= 0.3 is 0 Å². The zero-order valence-corrected chi connectivity index (χ0v) is 18.1. The average Bonchev–Trinajstić information content (AvgIpc) is 2.74. The van der Waals surface area contributed by atoms with Crippen LogP contribution in [0.1, 0.15) is 25.0 Å². The Kier molecular flexibility index (Phi) is 5.65. The van der Waals surface area contributed by atoms with E-state index in [1.54, 1.807) is 30.6 Å². The smallest absolute Gasteiger partial charge is 0.261 e. The van der Waals surface area contributed by atoms with Gasteiger partial charge in [0.15, 0.2) is 0 Å². The normalized spacial score (nSPS) is 15.7. The number of nitrogens with one attached hydrogen (secondary N) is 1. The van der Waals surface area contributed by atoms with Gasteiger partial charge in [-0.25, -0.2) is 8.42 Å². The van der Waals surface area contributed by atoms with Gasteiger partial charge in [0.1, 0.15) is 11.9 Å². The van der Waals surface area contributed by atoms with Gasteiger partial charge in [-0.15, -0.1) is 0 Å². The predicted molar refractivity (Wildman–Crippen MR) is 119 cm³/mol. The molecule has 0 spiro atoms. The van der Waals surface area contributed by atoms with Crippen LogP contribution >= 0.6 is 0 Å². The van der Waals surface area contributed by atoms with Crippen molar-refractivity contribution in [2.45, 2.75) is 31.3 Å². The number of sulfonamides is 1. The van der Waals surface area contributed by atoms with Crippen molar-refractivity contribution < 1.29 is 17.9 Å². The lowest BCUT2D eigenvalue weighted by molar-refractivity contribution is -0.117. The number of fused-ring (bicyclic) bond motifs is 1. The number of ether oxygens (including phenoxy) is 1. The van der Waals surface area contributed by atoms with Crippen LogP contribution in [0.4, 0.5) is 11.4 Å². The molecule has 160 valence electrons. The Hall–Kier alpha value is -3.39. The molecule has 1 unspecified atom stereocenters. The van der Waals surface area contributed by atoms with Gasteiger partial charge in [0.05, 0.1) is 17.1 Å². The van der Waals surface area contributed by atoms with Crippen molar-refractivity contribution in [2.75, 3.05) is 16.2 Å². The molecule has 1 aliphatic rings. The molecular formula is C23H23N3O4S. The van der Waals surface area contributed by atoms with Gasteiger partial charge in [-0.05, 0) is 66.9 Å². The number of pyridine rings is 1. The molecule has 2 heterocycles. The Bertz CT molecular complexity index is 1200. The quantitative estimate of drug-likeness (QED) is 0.659. The second-order valence-corrected chi connectivity index (χ2v) is 9.20. The summed E-state index contributed by atoms with van der Waals surface area (Å²) in [6.07, 6.45) is 4.06. The topological polar surface area (TPSA) is 88.6 Å². The Labute approximate surface area is 181 Å². The van der Waals surface area contributed by atoms with Crippen molar-refractivity contribution in [3.05, 3.63) is 78.1 Å². The maximum atomic E-state index is 12.9. The number of hydrogen-bond donors (Lipinski definition) is 1.